The zero-order chi connectivity index (χ0) is 10.8. The Kier molecular flexibility index (Phi) is 2.98. The van der Waals surface area contributed by atoms with Crippen LogP contribution in [0.4, 0.5) is 5.69 Å². The molecule has 2 aromatic rings. The molecule has 0 aliphatic carbocycles. The molecule has 0 amide bonds. The summed E-state index contributed by atoms with van der Waals surface area (Å²) in [5.41, 5.74) is 9.11. The van der Waals surface area contributed by atoms with Crippen LogP contribution in [0.2, 0.25) is 4.34 Å². The zero-order valence-electron chi connectivity index (χ0n) is 8.46. The van der Waals surface area contributed by atoms with Gasteiger partial charge >= 0.3 is 0 Å². The molecule has 1 nitrogen and oxygen atoms in total. The predicted octanol–water partition coefficient (Wildman–Crippen LogP) is 4.21. The van der Waals surface area contributed by atoms with Crippen LogP contribution in [-0.4, -0.2) is 0 Å². The summed E-state index contributed by atoms with van der Waals surface area (Å²) in [7, 11) is 0. The lowest BCUT2D eigenvalue weighted by molar-refractivity contribution is 1.15. The van der Waals surface area contributed by atoms with Crippen LogP contribution in [0.5, 0.6) is 0 Å². The van der Waals surface area contributed by atoms with Gasteiger partial charge in [0, 0.05) is 10.6 Å². The molecule has 0 aliphatic heterocycles. The van der Waals surface area contributed by atoms with Crippen LogP contribution < -0.4 is 5.73 Å². The molecule has 0 fully saturated rings. The van der Waals surface area contributed by atoms with Gasteiger partial charge in [0.25, 0.3) is 0 Å². The van der Waals surface area contributed by atoms with Gasteiger partial charge in [-0.15, -0.1) is 11.3 Å². The van der Waals surface area contributed by atoms with Crippen molar-refractivity contribution in [2.75, 3.05) is 5.73 Å². The second-order valence-corrected chi connectivity index (χ2v) is 5.09. The summed E-state index contributed by atoms with van der Waals surface area (Å²) in [5, 5.41) is 0. The maximum absolute atomic E-state index is 5.91. The molecule has 2 N–H and O–H groups in total. The summed E-state index contributed by atoms with van der Waals surface area (Å²) in [5.74, 6) is 0. The molecular weight excluding hydrogens is 226 g/mol. The highest BCUT2D eigenvalue weighted by Gasteiger charge is 2.04. The van der Waals surface area contributed by atoms with Gasteiger partial charge in [0.15, 0.2) is 0 Å². The van der Waals surface area contributed by atoms with Gasteiger partial charge in [0.1, 0.15) is 0 Å². The average molecular weight is 238 g/mol. The van der Waals surface area contributed by atoms with E-state index < -0.39 is 0 Å². The molecule has 3 heteroatoms. The van der Waals surface area contributed by atoms with E-state index in [1.165, 1.54) is 16.0 Å². The molecule has 0 saturated carbocycles. The highest BCUT2D eigenvalue weighted by Crippen LogP contribution is 2.32. The van der Waals surface area contributed by atoms with Gasteiger partial charge in [0.2, 0.25) is 0 Å². The van der Waals surface area contributed by atoms with Crippen LogP contribution in [0.25, 0.3) is 10.4 Å². The Bertz CT molecular complexity index is 476. The lowest BCUT2D eigenvalue weighted by Gasteiger charge is -2.05. The van der Waals surface area contributed by atoms with Gasteiger partial charge < -0.3 is 5.73 Å². The number of nitrogen functional groups attached to an aromatic ring is 1. The molecular formula is C12H12ClNS. The van der Waals surface area contributed by atoms with Crippen molar-refractivity contribution in [1.82, 2.24) is 0 Å². The Morgan fingerprint density at radius 1 is 1.27 bits per heavy atom. The van der Waals surface area contributed by atoms with E-state index in [0.29, 0.717) is 0 Å². The Balaban J connectivity index is 2.45. The maximum atomic E-state index is 5.91. The number of hydrogen-bond acceptors (Lipinski definition) is 2. The minimum absolute atomic E-state index is 0.819. The molecule has 0 atom stereocenters. The zero-order valence-corrected chi connectivity index (χ0v) is 10.0. The number of aryl methyl sites for hydroxylation is 1. The first-order valence-corrected chi connectivity index (χ1v) is 6.04. The van der Waals surface area contributed by atoms with E-state index in [9.17, 15) is 0 Å². The minimum atomic E-state index is 0.819. The highest BCUT2D eigenvalue weighted by atomic mass is 35.5. The average Bonchev–Trinajstić information content (AvgIpc) is 2.66. The minimum Gasteiger partial charge on any atom is -0.399 e. The van der Waals surface area contributed by atoms with Gasteiger partial charge in [-0.25, -0.2) is 0 Å². The largest absolute Gasteiger partial charge is 0.399 e. The second kappa shape index (κ2) is 4.25. The monoisotopic (exact) mass is 237 g/mol. The summed E-state index contributed by atoms with van der Waals surface area (Å²) in [6.45, 7) is 2.11. The third-order valence-electron chi connectivity index (χ3n) is 2.38. The standard InChI is InChI=1S/C12H12ClNS/c1-2-8-7-9(3-4-10(8)14)11-5-6-12(13)15-11/h3-7H,2,14H2,1H3. The third kappa shape index (κ3) is 2.16. The normalized spacial score (nSPS) is 10.5. The lowest BCUT2D eigenvalue weighted by atomic mass is 10.1. The van der Waals surface area contributed by atoms with E-state index in [4.69, 9.17) is 17.3 Å². The Morgan fingerprint density at radius 2 is 2.07 bits per heavy atom. The number of rotatable bonds is 2. The molecule has 78 valence electrons. The van der Waals surface area contributed by atoms with Crippen LogP contribution in [0.1, 0.15) is 12.5 Å². The molecule has 0 spiro atoms. The van der Waals surface area contributed by atoms with Gasteiger partial charge in [-0.05, 0) is 41.8 Å². The van der Waals surface area contributed by atoms with Gasteiger partial charge in [-0.1, -0.05) is 24.6 Å². The van der Waals surface area contributed by atoms with E-state index in [1.54, 1.807) is 11.3 Å². The maximum Gasteiger partial charge on any atom is 0.0934 e. The van der Waals surface area contributed by atoms with Crippen LogP contribution in [0, 0.1) is 0 Å². The fourth-order valence-electron chi connectivity index (χ4n) is 1.53. The Hall–Kier alpha value is -0.990. The first-order chi connectivity index (χ1) is 7.20. The molecule has 1 heterocycles. The smallest absolute Gasteiger partial charge is 0.0934 e. The molecule has 0 aliphatic rings. The molecule has 0 bridgehead atoms. The van der Waals surface area contributed by atoms with Crippen molar-refractivity contribution in [3.63, 3.8) is 0 Å². The fourth-order valence-corrected chi connectivity index (χ4v) is 2.57. The fraction of sp³-hybridized carbons (Fsp3) is 0.167. The van der Waals surface area contributed by atoms with Crippen LogP contribution in [0.3, 0.4) is 0 Å². The van der Waals surface area contributed by atoms with E-state index in [2.05, 4.69) is 13.0 Å². The van der Waals surface area contributed by atoms with E-state index in [-0.39, 0.29) is 0 Å². The molecule has 1 aromatic heterocycles. The van der Waals surface area contributed by atoms with E-state index in [0.717, 1.165) is 16.4 Å². The molecule has 0 radical (unpaired) electrons. The summed E-state index contributed by atoms with van der Waals surface area (Å²) in [4.78, 5) is 1.19. The Labute approximate surface area is 98.5 Å². The number of halogens is 1. The second-order valence-electron chi connectivity index (χ2n) is 3.37. The molecule has 0 unspecified atom stereocenters. The van der Waals surface area contributed by atoms with E-state index >= 15 is 0 Å². The first kappa shape index (κ1) is 10.5. The van der Waals surface area contributed by atoms with Crippen molar-refractivity contribution in [2.45, 2.75) is 13.3 Å². The van der Waals surface area contributed by atoms with Crippen LogP contribution >= 0.6 is 22.9 Å². The number of thiophene rings is 1. The van der Waals surface area contributed by atoms with Crippen molar-refractivity contribution in [2.24, 2.45) is 0 Å². The summed E-state index contributed by atoms with van der Waals surface area (Å²) in [6, 6.07) is 10.1. The number of nitrogens with two attached hydrogens (primary N) is 1. The number of anilines is 1. The SMILES string of the molecule is CCc1cc(-c2ccc(Cl)s2)ccc1N. The highest BCUT2D eigenvalue weighted by molar-refractivity contribution is 7.19. The van der Waals surface area contributed by atoms with Crippen LogP contribution in [-0.2, 0) is 6.42 Å². The summed E-state index contributed by atoms with van der Waals surface area (Å²) in [6.07, 6.45) is 0.957. The summed E-state index contributed by atoms with van der Waals surface area (Å²) < 4.78 is 0.819. The molecule has 1 aromatic carbocycles. The molecule has 0 saturated heterocycles. The molecule has 2 rings (SSSR count). The van der Waals surface area contributed by atoms with Crippen molar-refractivity contribution in [3.8, 4) is 10.4 Å². The Morgan fingerprint density at radius 3 is 2.67 bits per heavy atom. The predicted molar refractivity (Wildman–Crippen MR) is 68.6 cm³/mol. The third-order valence-corrected chi connectivity index (χ3v) is 3.66. The van der Waals surface area contributed by atoms with Gasteiger partial charge in [0.05, 0.1) is 4.34 Å². The topological polar surface area (TPSA) is 26.0 Å². The number of hydrogen-bond donors (Lipinski definition) is 1. The first-order valence-electron chi connectivity index (χ1n) is 4.85. The summed E-state index contributed by atoms with van der Waals surface area (Å²) >= 11 is 7.50. The van der Waals surface area contributed by atoms with Crippen molar-refractivity contribution >= 4 is 28.6 Å². The van der Waals surface area contributed by atoms with Crippen molar-refractivity contribution < 1.29 is 0 Å². The van der Waals surface area contributed by atoms with Crippen LogP contribution in [0.15, 0.2) is 30.3 Å². The van der Waals surface area contributed by atoms with Gasteiger partial charge in [-0.3, -0.25) is 0 Å². The number of benzene rings is 1. The lowest BCUT2D eigenvalue weighted by Crippen LogP contribution is -1.92. The van der Waals surface area contributed by atoms with Crippen molar-refractivity contribution in [3.05, 3.63) is 40.2 Å². The van der Waals surface area contributed by atoms with E-state index in [1.807, 2.05) is 24.3 Å². The van der Waals surface area contributed by atoms with Gasteiger partial charge in [-0.2, -0.15) is 0 Å². The molecule has 15 heavy (non-hydrogen) atoms. The quantitative estimate of drug-likeness (QED) is 0.778. The van der Waals surface area contributed by atoms with Crippen molar-refractivity contribution in [1.29, 1.82) is 0 Å².